The molecule has 0 spiro atoms. The molecule has 3 rings (SSSR count). The third kappa shape index (κ3) is 4.64. The molecule has 1 amide bonds. The van der Waals surface area contributed by atoms with Crippen LogP contribution >= 0.6 is 0 Å². The van der Waals surface area contributed by atoms with E-state index in [0.717, 1.165) is 39.3 Å². The van der Waals surface area contributed by atoms with Crippen molar-refractivity contribution in [2.24, 2.45) is 0 Å². The molecule has 1 fully saturated rings. The summed E-state index contributed by atoms with van der Waals surface area (Å²) in [5.74, 6) is -0.566. The van der Waals surface area contributed by atoms with Crippen molar-refractivity contribution in [2.45, 2.75) is 19.4 Å². The average molecular weight is 361 g/mol. The molecule has 0 saturated carbocycles. The van der Waals surface area contributed by atoms with Crippen LogP contribution in [0.3, 0.4) is 0 Å². The summed E-state index contributed by atoms with van der Waals surface area (Å²) in [6, 6.07) is 6.18. The van der Waals surface area contributed by atoms with Gasteiger partial charge in [-0.05, 0) is 26.0 Å². The van der Waals surface area contributed by atoms with Crippen LogP contribution in [0.4, 0.5) is 4.39 Å². The third-order valence-electron chi connectivity index (χ3n) is 4.54. The Morgan fingerprint density at radius 3 is 2.88 bits per heavy atom. The predicted octanol–water partition coefficient (Wildman–Crippen LogP) is 1.48. The second-order valence-electron chi connectivity index (χ2n) is 6.34. The van der Waals surface area contributed by atoms with Crippen molar-refractivity contribution < 1.29 is 13.9 Å². The van der Waals surface area contributed by atoms with Crippen molar-refractivity contribution in [3.63, 3.8) is 0 Å². The fourth-order valence-corrected chi connectivity index (χ4v) is 2.95. The molecule has 2 aromatic rings. The van der Waals surface area contributed by atoms with Crippen LogP contribution in [0.25, 0.3) is 0 Å². The molecule has 1 aliphatic heterocycles. The third-order valence-corrected chi connectivity index (χ3v) is 4.54. The minimum Gasteiger partial charge on any atom is -0.379 e. The lowest BCUT2D eigenvalue weighted by Crippen LogP contribution is -2.38. The minimum atomic E-state index is -0.341. The maximum absolute atomic E-state index is 13.9. The number of carbonyl (C=O) groups excluding carboxylic acids is 1. The van der Waals surface area contributed by atoms with E-state index in [1.54, 1.807) is 24.4 Å². The quantitative estimate of drug-likeness (QED) is 0.757. The second-order valence-corrected chi connectivity index (χ2v) is 6.34. The summed E-state index contributed by atoms with van der Waals surface area (Å²) in [6.07, 6.45) is 2.42. The summed E-state index contributed by atoms with van der Waals surface area (Å²) in [5.41, 5.74) is 0.745. The van der Waals surface area contributed by atoms with E-state index in [1.807, 2.05) is 6.92 Å². The molecule has 0 aliphatic carbocycles. The number of hydrogen-bond acceptors (Lipinski definition) is 5. The SMILES string of the molecule is CC(c1ccccc1F)n1cc(C(=O)NCCCN2CCOCC2)nn1. The molecule has 1 unspecified atom stereocenters. The first-order valence-electron chi connectivity index (χ1n) is 8.89. The Labute approximate surface area is 152 Å². The van der Waals surface area contributed by atoms with Gasteiger partial charge in [-0.15, -0.1) is 5.10 Å². The number of benzene rings is 1. The molecule has 1 aromatic heterocycles. The molecule has 1 N–H and O–H groups in total. The van der Waals surface area contributed by atoms with Crippen LogP contribution in [-0.4, -0.2) is 65.2 Å². The van der Waals surface area contributed by atoms with E-state index in [-0.39, 0.29) is 23.5 Å². The van der Waals surface area contributed by atoms with E-state index < -0.39 is 0 Å². The van der Waals surface area contributed by atoms with Gasteiger partial charge in [0.1, 0.15) is 5.82 Å². The van der Waals surface area contributed by atoms with Gasteiger partial charge in [0.15, 0.2) is 5.69 Å². The van der Waals surface area contributed by atoms with Gasteiger partial charge in [0.05, 0.1) is 25.5 Å². The van der Waals surface area contributed by atoms with Gasteiger partial charge in [0, 0.05) is 25.2 Å². The molecule has 140 valence electrons. The first-order valence-corrected chi connectivity index (χ1v) is 8.89. The lowest BCUT2D eigenvalue weighted by molar-refractivity contribution is 0.0374. The normalized spacial score (nSPS) is 16.4. The van der Waals surface area contributed by atoms with E-state index in [1.165, 1.54) is 10.7 Å². The monoisotopic (exact) mass is 361 g/mol. The molecular formula is C18H24FN5O2. The van der Waals surface area contributed by atoms with Crippen LogP contribution in [-0.2, 0) is 4.74 Å². The van der Waals surface area contributed by atoms with Gasteiger partial charge in [0.2, 0.25) is 0 Å². The van der Waals surface area contributed by atoms with Gasteiger partial charge in [0.25, 0.3) is 5.91 Å². The van der Waals surface area contributed by atoms with Crippen LogP contribution in [0.15, 0.2) is 30.5 Å². The van der Waals surface area contributed by atoms with E-state index in [0.29, 0.717) is 12.1 Å². The Hall–Kier alpha value is -2.32. The lowest BCUT2D eigenvalue weighted by Gasteiger charge is -2.26. The largest absolute Gasteiger partial charge is 0.379 e. The van der Waals surface area contributed by atoms with Gasteiger partial charge in [-0.3, -0.25) is 9.69 Å². The summed E-state index contributed by atoms with van der Waals surface area (Å²) in [7, 11) is 0. The van der Waals surface area contributed by atoms with E-state index >= 15 is 0 Å². The van der Waals surface area contributed by atoms with Crippen molar-refractivity contribution in [3.8, 4) is 0 Å². The highest BCUT2D eigenvalue weighted by molar-refractivity contribution is 5.91. The average Bonchev–Trinajstić information content (AvgIpc) is 3.16. The number of hydrogen-bond donors (Lipinski definition) is 1. The number of nitrogens with zero attached hydrogens (tertiary/aromatic N) is 4. The zero-order valence-electron chi connectivity index (χ0n) is 14.9. The Balaban J connectivity index is 1.49. The van der Waals surface area contributed by atoms with E-state index in [4.69, 9.17) is 4.74 Å². The number of carbonyl (C=O) groups is 1. The molecule has 1 atom stereocenters. The standard InChI is InChI=1S/C18H24FN5O2/c1-14(15-5-2-3-6-16(15)19)24-13-17(21-22-24)18(25)20-7-4-8-23-9-11-26-12-10-23/h2-3,5-6,13-14H,4,7-12H2,1H3,(H,20,25). The Morgan fingerprint density at radius 2 is 2.12 bits per heavy atom. The number of morpholine rings is 1. The van der Waals surface area contributed by atoms with Crippen LogP contribution in [0.5, 0.6) is 0 Å². The molecule has 0 bridgehead atoms. The van der Waals surface area contributed by atoms with Gasteiger partial charge in [-0.2, -0.15) is 0 Å². The van der Waals surface area contributed by atoms with E-state index in [2.05, 4.69) is 20.5 Å². The lowest BCUT2D eigenvalue weighted by atomic mass is 10.1. The molecule has 1 aliphatic rings. The molecule has 7 nitrogen and oxygen atoms in total. The van der Waals surface area contributed by atoms with Crippen molar-refractivity contribution in [1.82, 2.24) is 25.2 Å². The fraction of sp³-hybridized carbons (Fsp3) is 0.500. The first-order chi connectivity index (χ1) is 12.6. The van der Waals surface area contributed by atoms with Crippen molar-refractivity contribution in [2.75, 3.05) is 39.4 Å². The summed E-state index contributed by atoms with van der Waals surface area (Å²) in [4.78, 5) is 14.5. The van der Waals surface area contributed by atoms with Gasteiger partial charge in [-0.1, -0.05) is 23.4 Å². The maximum Gasteiger partial charge on any atom is 0.273 e. The Kier molecular flexibility index (Phi) is 6.30. The first kappa shape index (κ1) is 18.5. The number of nitrogens with one attached hydrogen (secondary N) is 1. The molecule has 8 heteroatoms. The zero-order valence-corrected chi connectivity index (χ0v) is 14.9. The molecule has 2 heterocycles. The highest BCUT2D eigenvalue weighted by atomic mass is 19.1. The molecule has 1 aromatic carbocycles. The number of rotatable bonds is 7. The predicted molar refractivity (Wildman–Crippen MR) is 94.4 cm³/mol. The molecule has 26 heavy (non-hydrogen) atoms. The molecule has 0 radical (unpaired) electrons. The smallest absolute Gasteiger partial charge is 0.273 e. The van der Waals surface area contributed by atoms with Crippen molar-refractivity contribution in [1.29, 1.82) is 0 Å². The number of aromatic nitrogens is 3. The van der Waals surface area contributed by atoms with Crippen LogP contribution in [0.1, 0.15) is 35.4 Å². The zero-order chi connectivity index (χ0) is 18.4. The summed E-state index contributed by atoms with van der Waals surface area (Å²) in [6.45, 7) is 6.75. The second kappa shape index (κ2) is 8.86. The van der Waals surface area contributed by atoms with Crippen LogP contribution in [0.2, 0.25) is 0 Å². The van der Waals surface area contributed by atoms with Crippen molar-refractivity contribution >= 4 is 5.91 Å². The Morgan fingerprint density at radius 1 is 1.35 bits per heavy atom. The molecule has 1 saturated heterocycles. The topological polar surface area (TPSA) is 72.3 Å². The number of amides is 1. The highest BCUT2D eigenvalue weighted by Crippen LogP contribution is 2.19. The van der Waals surface area contributed by atoms with Gasteiger partial charge >= 0.3 is 0 Å². The van der Waals surface area contributed by atoms with Gasteiger partial charge in [-0.25, -0.2) is 9.07 Å². The minimum absolute atomic E-state index is 0.236. The summed E-state index contributed by atoms with van der Waals surface area (Å²) < 4.78 is 20.7. The van der Waals surface area contributed by atoms with Crippen LogP contribution in [0, 0.1) is 5.82 Å². The Bertz CT molecular complexity index is 730. The van der Waals surface area contributed by atoms with Gasteiger partial charge < -0.3 is 10.1 Å². The summed E-state index contributed by atoms with van der Waals surface area (Å²) >= 11 is 0. The highest BCUT2D eigenvalue weighted by Gasteiger charge is 2.17. The number of halogens is 1. The van der Waals surface area contributed by atoms with Crippen LogP contribution < -0.4 is 5.32 Å². The summed E-state index contributed by atoms with van der Waals surface area (Å²) in [5, 5.41) is 10.7. The molecular weight excluding hydrogens is 337 g/mol. The fourth-order valence-electron chi connectivity index (χ4n) is 2.95. The number of ether oxygens (including phenoxy) is 1. The van der Waals surface area contributed by atoms with Crippen molar-refractivity contribution in [3.05, 3.63) is 47.5 Å². The van der Waals surface area contributed by atoms with E-state index in [9.17, 15) is 9.18 Å². The maximum atomic E-state index is 13.9.